The fourth-order valence-electron chi connectivity index (χ4n) is 12.9. The molecule has 0 aromatic heterocycles. The van der Waals surface area contributed by atoms with Crippen molar-refractivity contribution in [2.24, 2.45) is 0 Å². The van der Waals surface area contributed by atoms with E-state index in [-0.39, 0.29) is 100 Å². The van der Waals surface area contributed by atoms with E-state index in [9.17, 15) is 19.2 Å². The van der Waals surface area contributed by atoms with Gasteiger partial charge in [-0.05, 0) is 105 Å². The van der Waals surface area contributed by atoms with Crippen LogP contribution in [0.4, 0.5) is 0 Å². The van der Waals surface area contributed by atoms with Crippen molar-refractivity contribution in [1.29, 1.82) is 0 Å². The number of hydrogen-bond acceptors (Lipinski definition) is 12. The van der Waals surface area contributed by atoms with Gasteiger partial charge in [0.15, 0.2) is 0 Å². The summed E-state index contributed by atoms with van der Waals surface area (Å²) in [6.45, 7) is 9.99. The van der Waals surface area contributed by atoms with Crippen LogP contribution in [0.15, 0.2) is 48.6 Å². The zero-order valence-electron chi connectivity index (χ0n) is 70.8. The van der Waals surface area contributed by atoms with Crippen molar-refractivity contribution >= 4 is 136 Å². The van der Waals surface area contributed by atoms with Crippen LogP contribution in [0, 0.1) is 0 Å². The van der Waals surface area contributed by atoms with Gasteiger partial charge < -0.3 is 69.5 Å². The summed E-state index contributed by atoms with van der Waals surface area (Å²) >= 11 is 19.0. The zero-order chi connectivity index (χ0) is 76.5. The minimum Gasteiger partial charge on any atom is -0.789 e. The molecule has 0 N–H and O–H groups in total. The average Bonchev–Trinajstić information content (AvgIpc) is 2.78. The molecule has 0 spiro atoms. The van der Waals surface area contributed by atoms with Gasteiger partial charge in [0.05, 0.1) is 26.4 Å². The monoisotopic (exact) mass is 1840 g/mol. The molecule has 644 valence electrons. The predicted molar refractivity (Wildman–Crippen MR) is 501 cm³/mol. The molecule has 0 unspecified atom stereocenters. The van der Waals surface area contributed by atoms with E-state index >= 15 is 0 Å². The molecule has 0 bridgehead atoms. The van der Waals surface area contributed by atoms with Crippen molar-refractivity contribution in [3.63, 3.8) is 0 Å². The summed E-state index contributed by atoms with van der Waals surface area (Å²) in [6.07, 6.45) is 106. The Hall–Kier alpha value is 0.187. The topological polar surface area (TPSA) is 105 Å². The number of rotatable bonds is 80. The summed E-state index contributed by atoms with van der Waals surface area (Å²) in [6, 6.07) is 0. The summed E-state index contributed by atoms with van der Waals surface area (Å²) in [5, 5.41) is 0. The SMILES string of the molecule is C.C.C/C=C/CCCCCCCCCCCCCCCCCC(=O)OCC[S-].C/C=C/CCCCCCCCCCCCCCCCCC(=O)OCC[S-].C/C=C/CCCCCCCCCCCCCCCCCC(=O)OCC[S-].C/C=C/CCCCCCCCCCCCCCCCCC(=O)OCC[S-].S.[Sn+2].[Sn+2]. The average molecular weight is 1840 g/mol. The maximum absolute atomic E-state index is 11.3. The maximum atomic E-state index is 11.3. The zero-order valence-corrected chi connectivity index (χ0v) is 80.7. The van der Waals surface area contributed by atoms with Crippen LogP contribution < -0.4 is 0 Å². The second-order valence-electron chi connectivity index (χ2n) is 29.3. The van der Waals surface area contributed by atoms with Gasteiger partial charge in [0.25, 0.3) is 0 Å². The molecule has 8 nitrogen and oxygen atoms in total. The van der Waals surface area contributed by atoms with Crippen LogP contribution in [-0.2, 0) is 88.6 Å². The normalized spacial score (nSPS) is 10.8. The van der Waals surface area contributed by atoms with Crippen LogP contribution in [0.3, 0.4) is 0 Å². The third kappa shape index (κ3) is 132. The maximum Gasteiger partial charge on any atom is 2.00 e. The van der Waals surface area contributed by atoms with Gasteiger partial charge >= 0.3 is 71.7 Å². The number of unbranched alkanes of at least 4 members (excludes halogenated alkanes) is 60. The van der Waals surface area contributed by atoms with E-state index in [0.29, 0.717) is 75.1 Å². The molecule has 0 aromatic rings. The number of allylic oxidation sites excluding steroid dienone is 8. The van der Waals surface area contributed by atoms with Gasteiger partial charge in [-0.15, -0.1) is 23.0 Å². The van der Waals surface area contributed by atoms with Gasteiger partial charge in [-0.3, -0.25) is 19.2 Å². The Labute approximate surface area is 744 Å². The van der Waals surface area contributed by atoms with Gasteiger partial charge in [0.2, 0.25) is 0 Å². The van der Waals surface area contributed by atoms with E-state index in [0.717, 1.165) is 51.4 Å². The van der Waals surface area contributed by atoms with Crippen LogP contribution in [0.1, 0.15) is 479 Å². The summed E-state index contributed by atoms with van der Waals surface area (Å²) in [4.78, 5) is 45.2. The quantitative estimate of drug-likeness (QED) is 0.0145. The Morgan fingerprint density at radius 3 is 0.404 bits per heavy atom. The Bertz CT molecular complexity index is 1530. The molecular weight excluding hydrogens is 1650 g/mol. The van der Waals surface area contributed by atoms with Crippen molar-refractivity contribution in [2.75, 3.05) is 49.4 Å². The molecule has 0 heterocycles. The molecule has 0 aromatic carbocycles. The Balaban J connectivity index is -0.000000172. The summed E-state index contributed by atoms with van der Waals surface area (Å²) in [5.41, 5.74) is 0. The van der Waals surface area contributed by atoms with Gasteiger partial charge in [-0.2, -0.15) is 13.5 Å². The predicted octanol–water partition coefficient (Wildman–Crippen LogP) is 29.8. The molecule has 4 radical (unpaired) electrons. The number of carbonyl (C=O) groups is 4. The Morgan fingerprint density at radius 2 is 0.303 bits per heavy atom. The van der Waals surface area contributed by atoms with Gasteiger partial charge in [0.1, 0.15) is 0 Å². The fourth-order valence-corrected chi connectivity index (χ4v) is 13.2. The van der Waals surface area contributed by atoms with E-state index in [1.807, 2.05) is 0 Å². The van der Waals surface area contributed by atoms with Gasteiger partial charge in [-0.1, -0.05) is 397 Å². The summed E-state index contributed by atoms with van der Waals surface area (Å²) in [7, 11) is 0. The third-order valence-electron chi connectivity index (χ3n) is 19.3. The summed E-state index contributed by atoms with van der Waals surface area (Å²) in [5.74, 6) is 1.69. The van der Waals surface area contributed by atoms with Crippen molar-refractivity contribution in [3.8, 4) is 0 Å². The van der Waals surface area contributed by atoms with Crippen LogP contribution >= 0.6 is 13.5 Å². The number of hydrogen-bond donors (Lipinski definition) is 0. The van der Waals surface area contributed by atoms with Crippen LogP contribution in [0.25, 0.3) is 0 Å². The smallest absolute Gasteiger partial charge is 0.789 e. The van der Waals surface area contributed by atoms with Crippen LogP contribution in [-0.4, -0.2) is 121 Å². The molecule has 0 amide bonds. The van der Waals surface area contributed by atoms with Crippen molar-refractivity contribution in [1.82, 2.24) is 0 Å². The molecule has 0 saturated heterocycles. The van der Waals surface area contributed by atoms with Gasteiger partial charge in [0, 0.05) is 25.7 Å². The second kappa shape index (κ2) is 124. The van der Waals surface area contributed by atoms with Crippen molar-refractivity contribution in [3.05, 3.63) is 48.6 Å². The third-order valence-corrected chi connectivity index (χ3v) is 20.0. The molecular formula is C94H182O8S5Sn2. The fraction of sp³-hybridized carbons (Fsp3) is 0.872. The molecule has 109 heavy (non-hydrogen) atoms. The first kappa shape index (κ1) is 127. The number of ether oxygens (including phenoxy) is 4. The molecule has 0 atom stereocenters. The minimum atomic E-state index is -0.0801. The van der Waals surface area contributed by atoms with E-state index < -0.39 is 0 Å². The summed E-state index contributed by atoms with van der Waals surface area (Å²) < 4.78 is 19.9. The van der Waals surface area contributed by atoms with Crippen molar-refractivity contribution in [2.45, 2.75) is 479 Å². The molecule has 0 rings (SSSR count). The number of carbonyl (C=O) groups excluding carboxylic acids is 4. The minimum absolute atomic E-state index is 0. The van der Waals surface area contributed by atoms with Crippen LogP contribution in [0.2, 0.25) is 0 Å². The first-order valence-electron chi connectivity index (χ1n) is 44.6. The Kier molecular flexibility index (Phi) is 145. The Morgan fingerprint density at radius 1 is 0.202 bits per heavy atom. The second-order valence-corrected chi connectivity index (χ2v) is 31.0. The number of esters is 4. The standard InChI is InChI=1S/4C23H44O2S.2CH4.H2S.2Sn/c4*1-2-3-4-5-6-7-8-9-10-11-12-13-14-15-16-17-18-19-20-23(24)25-21-22-26;;;;;/h4*2-3,26H,4-22H2,1H3;2*1H4;1H2;;/q;;;;;;;2*+2/p-4/b4*3-2+;;;;;. The largest absolute Gasteiger partial charge is 2.00 e. The van der Waals surface area contributed by atoms with E-state index in [2.05, 4.69) is 76.3 Å². The molecule has 0 aliphatic rings. The first-order valence-corrected chi connectivity index (χ1v) is 46.9. The van der Waals surface area contributed by atoms with Crippen molar-refractivity contribution < 1.29 is 38.1 Å². The molecule has 0 aliphatic heterocycles. The molecule has 0 saturated carbocycles. The molecule has 0 fully saturated rings. The van der Waals surface area contributed by atoms with Crippen LogP contribution in [0.5, 0.6) is 0 Å². The van der Waals surface area contributed by atoms with E-state index in [1.54, 1.807) is 0 Å². The molecule has 0 aliphatic carbocycles. The molecule has 15 heteroatoms. The first-order chi connectivity index (χ1) is 51.2. The van der Waals surface area contributed by atoms with E-state index in [1.165, 1.54) is 360 Å². The van der Waals surface area contributed by atoms with Gasteiger partial charge in [-0.25, -0.2) is 0 Å². The van der Waals surface area contributed by atoms with E-state index in [4.69, 9.17) is 69.5 Å².